The van der Waals surface area contributed by atoms with Gasteiger partial charge in [-0.1, -0.05) is 18.2 Å². The molecule has 5 nitrogen and oxygen atoms in total. The molecule has 1 atom stereocenters. The van der Waals surface area contributed by atoms with E-state index in [9.17, 15) is 9.59 Å². The Morgan fingerprint density at radius 1 is 1.27 bits per heavy atom. The van der Waals surface area contributed by atoms with E-state index in [4.69, 9.17) is 5.73 Å². The van der Waals surface area contributed by atoms with Crippen LogP contribution in [0, 0.1) is 0 Å². The van der Waals surface area contributed by atoms with Crippen molar-refractivity contribution in [2.24, 2.45) is 5.73 Å². The van der Waals surface area contributed by atoms with Gasteiger partial charge >= 0.3 is 6.03 Å². The monoisotopic (exact) mass is 207 g/mol. The number of carbonyl (C=O) groups excluding carboxylic acids is 2. The van der Waals surface area contributed by atoms with Crippen molar-refractivity contribution in [2.45, 2.75) is 13.0 Å². The fourth-order valence-electron chi connectivity index (χ4n) is 1.08. The number of nitrogens with one attached hydrogen (secondary N) is 2. The first-order valence-corrected chi connectivity index (χ1v) is 4.51. The highest BCUT2D eigenvalue weighted by Gasteiger charge is 2.13. The van der Waals surface area contributed by atoms with Crippen molar-refractivity contribution in [3.8, 4) is 0 Å². The maximum absolute atomic E-state index is 11.3. The first-order valence-electron chi connectivity index (χ1n) is 4.51. The lowest BCUT2D eigenvalue weighted by Crippen LogP contribution is -2.43. The Hall–Kier alpha value is -2.04. The van der Waals surface area contributed by atoms with Crippen molar-refractivity contribution < 1.29 is 9.59 Å². The minimum absolute atomic E-state index is 0.452. The number of amides is 3. The Morgan fingerprint density at radius 2 is 1.87 bits per heavy atom. The highest BCUT2D eigenvalue weighted by atomic mass is 16.2. The van der Waals surface area contributed by atoms with Gasteiger partial charge in [0.2, 0.25) is 5.91 Å². The molecular formula is C10H13N3O2. The van der Waals surface area contributed by atoms with Crippen LogP contribution in [0.1, 0.15) is 6.92 Å². The molecule has 15 heavy (non-hydrogen) atoms. The molecule has 0 saturated carbocycles. The lowest BCUT2D eigenvalue weighted by atomic mass is 10.2. The zero-order valence-corrected chi connectivity index (χ0v) is 8.36. The molecule has 80 valence electrons. The number of nitrogens with two attached hydrogens (primary N) is 1. The van der Waals surface area contributed by atoms with Gasteiger partial charge < -0.3 is 11.1 Å². The van der Waals surface area contributed by atoms with Gasteiger partial charge in [0.05, 0.1) is 0 Å². The van der Waals surface area contributed by atoms with E-state index >= 15 is 0 Å². The first kappa shape index (κ1) is 11.0. The van der Waals surface area contributed by atoms with Gasteiger partial charge in [0.25, 0.3) is 0 Å². The Labute approximate surface area is 87.7 Å². The minimum atomic E-state index is -0.846. The van der Waals surface area contributed by atoms with E-state index in [1.54, 1.807) is 6.92 Å². The Balaban J connectivity index is 2.52. The fourth-order valence-corrected chi connectivity index (χ4v) is 1.08. The van der Waals surface area contributed by atoms with Crippen LogP contribution in [0.4, 0.5) is 10.5 Å². The molecule has 0 aromatic heterocycles. The number of para-hydroxylation sites is 1. The normalized spacial score (nSPS) is 11.5. The predicted octanol–water partition coefficient (Wildman–Crippen LogP) is 0.682. The van der Waals surface area contributed by atoms with Gasteiger partial charge in [-0.15, -0.1) is 0 Å². The Bertz CT molecular complexity index is 351. The van der Waals surface area contributed by atoms with Crippen molar-refractivity contribution in [1.29, 1.82) is 0 Å². The molecule has 0 radical (unpaired) electrons. The maximum atomic E-state index is 11.3. The Morgan fingerprint density at radius 3 is 2.40 bits per heavy atom. The number of hydrogen-bond acceptors (Lipinski definition) is 3. The summed E-state index contributed by atoms with van der Waals surface area (Å²) in [4.78, 5) is 21.7. The predicted molar refractivity (Wildman–Crippen MR) is 57.3 cm³/mol. The largest absolute Gasteiger partial charge is 0.374 e. The van der Waals surface area contributed by atoms with E-state index in [0.29, 0.717) is 0 Å². The van der Waals surface area contributed by atoms with Crippen molar-refractivity contribution in [3.63, 3.8) is 0 Å². The molecule has 4 N–H and O–H groups in total. The van der Waals surface area contributed by atoms with Crippen LogP contribution in [0.15, 0.2) is 30.3 Å². The van der Waals surface area contributed by atoms with E-state index in [0.717, 1.165) is 5.69 Å². The summed E-state index contributed by atoms with van der Waals surface area (Å²) in [6, 6.07) is 7.87. The van der Waals surface area contributed by atoms with Gasteiger partial charge in [-0.25, -0.2) is 4.79 Å². The molecule has 1 aromatic carbocycles. The van der Waals surface area contributed by atoms with Crippen molar-refractivity contribution >= 4 is 17.6 Å². The van der Waals surface area contributed by atoms with Crippen molar-refractivity contribution in [1.82, 2.24) is 5.32 Å². The fraction of sp³-hybridized carbons (Fsp3) is 0.200. The van der Waals surface area contributed by atoms with Crippen LogP contribution in [-0.2, 0) is 4.79 Å². The van der Waals surface area contributed by atoms with Crippen LogP contribution in [0.25, 0.3) is 0 Å². The molecule has 0 aliphatic carbocycles. The smallest absolute Gasteiger partial charge is 0.318 e. The molecule has 0 fully saturated rings. The van der Waals surface area contributed by atoms with Gasteiger partial charge in [0, 0.05) is 5.69 Å². The van der Waals surface area contributed by atoms with Gasteiger partial charge in [-0.3, -0.25) is 10.1 Å². The summed E-state index contributed by atoms with van der Waals surface area (Å²) in [5.74, 6) is -0.452. The molecule has 0 aliphatic rings. The second-order valence-corrected chi connectivity index (χ2v) is 3.09. The number of rotatable bonds is 3. The molecule has 0 aliphatic heterocycles. The first-order chi connectivity index (χ1) is 7.09. The SMILES string of the molecule is CC(Nc1ccccc1)C(=O)NC(N)=O. The van der Waals surface area contributed by atoms with E-state index in [2.05, 4.69) is 5.32 Å². The van der Waals surface area contributed by atoms with E-state index in [1.807, 2.05) is 35.6 Å². The summed E-state index contributed by atoms with van der Waals surface area (Å²) in [7, 11) is 0. The second kappa shape index (κ2) is 4.99. The standard InChI is InChI=1S/C10H13N3O2/c1-7(9(14)13-10(11)15)12-8-5-3-2-4-6-8/h2-7,12H,1H3,(H3,11,13,14,15). The molecule has 0 saturated heterocycles. The molecule has 5 heteroatoms. The quantitative estimate of drug-likeness (QED) is 0.681. The van der Waals surface area contributed by atoms with Crippen molar-refractivity contribution in [3.05, 3.63) is 30.3 Å². The van der Waals surface area contributed by atoms with Crippen LogP contribution < -0.4 is 16.4 Å². The molecule has 0 heterocycles. The topological polar surface area (TPSA) is 84.2 Å². The molecule has 0 spiro atoms. The number of urea groups is 1. The van der Waals surface area contributed by atoms with Gasteiger partial charge in [0.1, 0.15) is 6.04 Å². The highest BCUT2D eigenvalue weighted by Crippen LogP contribution is 2.06. The lowest BCUT2D eigenvalue weighted by Gasteiger charge is -2.13. The zero-order valence-electron chi connectivity index (χ0n) is 8.36. The average Bonchev–Trinajstić information content (AvgIpc) is 2.18. The van der Waals surface area contributed by atoms with E-state index < -0.39 is 18.0 Å². The number of benzene rings is 1. The highest BCUT2D eigenvalue weighted by molar-refractivity contribution is 5.97. The maximum Gasteiger partial charge on any atom is 0.318 e. The zero-order chi connectivity index (χ0) is 11.3. The van der Waals surface area contributed by atoms with Gasteiger partial charge in [-0.05, 0) is 19.1 Å². The summed E-state index contributed by atoms with van der Waals surface area (Å²) < 4.78 is 0. The summed E-state index contributed by atoms with van der Waals surface area (Å²) in [5.41, 5.74) is 5.64. The van der Waals surface area contributed by atoms with Crippen LogP contribution in [-0.4, -0.2) is 18.0 Å². The van der Waals surface area contributed by atoms with Gasteiger partial charge in [-0.2, -0.15) is 0 Å². The Kier molecular flexibility index (Phi) is 3.68. The van der Waals surface area contributed by atoms with E-state index in [-0.39, 0.29) is 0 Å². The van der Waals surface area contributed by atoms with E-state index in [1.165, 1.54) is 0 Å². The van der Waals surface area contributed by atoms with Crippen LogP contribution in [0.3, 0.4) is 0 Å². The third kappa shape index (κ3) is 3.68. The molecule has 3 amide bonds. The summed E-state index contributed by atoms with van der Waals surface area (Å²) in [6.45, 7) is 1.64. The number of anilines is 1. The van der Waals surface area contributed by atoms with Gasteiger partial charge in [0.15, 0.2) is 0 Å². The number of imide groups is 1. The number of carbonyl (C=O) groups is 2. The molecular weight excluding hydrogens is 194 g/mol. The second-order valence-electron chi connectivity index (χ2n) is 3.09. The summed E-state index contributed by atoms with van der Waals surface area (Å²) in [5, 5.41) is 4.93. The molecule has 0 bridgehead atoms. The average molecular weight is 207 g/mol. The third-order valence-corrected chi connectivity index (χ3v) is 1.80. The number of primary amides is 1. The lowest BCUT2D eigenvalue weighted by molar-refractivity contribution is -0.120. The van der Waals surface area contributed by atoms with Crippen LogP contribution in [0.5, 0.6) is 0 Å². The van der Waals surface area contributed by atoms with Crippen LogP contribution in [0.2, 0.25) is 0 Å². The third-order valence-electron chi connectivity index (χ3n) is 1.80. The molecule has 1 aromatic rings. The van der Waals surface area contributed by atoms with Crippen molar-refractivity contribution in [2.75, 3.05) is 5.32 Å². The molecule has 1 unspecified atom stereocenters. The summed E-state index contributed by atoms with van der Waals surface area (Å²) >= 11 is 0. The molecule has 1 rings (SSSR count). The van der Waals surface area contributed by atoms with Crippen LogP contribution >= 0.6 is 0 Å². The number of hydrogen-bond donors (Lipinski definition) is 3. The summed E-state index contributed by atoms with van der Waals surface area (Å²) in [6.07, 6.45) is 0. The minimum Gasteiger partial charge on any atom is -0.374 e.